The van der Waals surface area contributed by atoms with Gasteiger partial charge in [0.05, 0.1) is 0 Å². The average molecular weight is 289 g/mol. The van der Waals surface area contributed by atoms with Gasteiger partial charge in [-0.2, -0.15) is 0 Å². The third-order valence-corrected chi connectivity index (χ3v) is 3.72. The number of aryl methyl sites for hydroxylation is 1. The van der Waals surface area contributed by atoms with E-state index < -0.39 is 0 Å². The second-order valence-electron chi connectivity index (χ2n) is 4.33. The van der Waals surface area contributed by atoms with Crippen molar-refractivity contribution < 1.29 is 0 Å². The van der Waals surface area contributed by atoms with Gasteiger partial charge in [0.1, 0.15) is 16.7 Å². The number of rotatable bonds is 6. The van der Waals surface area contributed by atoms with Crippen LogP contribution in [0.3, 0.4) is 0 Å². The predicted molar refractivity (Wildman–Crippen MR) is 81.1 cm³/mol. The molecule has 20 heavy (non-hydrogen) atoms. The highest BCUT2D eigenvalue weighted by Gasteiger charge is 2.12. The maximum Gasteiger partial charge on any atom is 0.193 e. The Morgan fingerprint density at radius 1 is 1.15 bits per heavy atom. The minimum absolute atomic E-state index is 0.706. The molecule has 0 fully saturated rings. The molecule has 0 amide bonds. The maximum absolute atomic E-state index is 4.59. The van der Waals surface area contributed by atoms with Crippen molar-refractivity contribution in [2.75, 3.05) is 11.9 Å². The Kier molecular flexibility index (Phi) is 5.29. The number of nitrogens with one attached hydrogen (secondary N) is 1. The Hall–Kier alpha value is -1.69. The third kappa shape index (κ3) is 3.66. The monoisotopic (exact) mass is 289 g/mol. The summed E-state index contributed by atoms with van der Waals surface area (Å²) in [5.74, 6) is 1.75. The highest BCUT2D eigenvalue weighted by Crippen LogP contribution is 2.29. The van der Waals surface area contributed by atoms with E-state index in [9.17, 15) is 0 Å². The van der Waals surface area contributed by atoms with Gasteiger partial charge in [0.2, 0.25) is 0 Å². The van der Waals surface area contributed by atoms with Crippen LogP contribution in [0.15, 0.2) is 28.6 Å². The second kappa shape index (κ2) is 7.19. The zero-order chi connectivity index (χ0) is 14.4. The van der Waals surface area contributed by atoms with E-state index in [0.29, 0.717) is 5.16 Å². The van der Waals surface area contributed by atoms with E-state index in [4.69, 9.17) is 0 Å². The molecule has 0 aliphatic rings. The Morgan fingerprint density at radius 3 is 2.55 bits per heavy atom. The summed E-state index contributed by atoms with van der Waals surface area (Å²) in [5, 5.41) is 4.98. The minimum atomic E-state index is 0.706. The van der Waals surface area contributed by atoms with Crippen LogP contribution in [0.2, 0.25) is 0 Å². The van der Waals surface area contributed by atoms with Crippen molar-refractivity contribution >= 4 is 17.6 Å². The molecule has 0 atom stereocenters. The van der Waals surface area contributed by atoms with Crippen LogP contribution in [0.5, 0.6) is 0 Å². The highest BCUT2D eigenvalue weighted by atomic mass is 32.2. The molecule has 0 radical (unpaired) electrons. The van der Waals surface area contributed by atoms with Crippen molar-refractivity contribution in [3.8, 4) is 0 Å². The molecule has 6 heteroatoms. The number of hydrogen-bond donors (Lipinski definition) is 1. The van der Waals surface area contributed by atoms with Gasteiger partial charge in [-0.05, 0) is 31.2 Å². The van der Waals surface area contributed by atoms with Crippen molar-refractivity contribution in [3.05, 3.63) is 29.8 Å². The smallest absolute Gasteiger partial charge is 0.193 e. The summed E-state index contributed by atoms with van der Waals surface area (Å²) in [6, 6.07) is 1.81. The van der Waals surface area contributed by atoms with E-state index in [1.165, 1.54) is 11.8 Å². The van der Waals surface area contributed by atoms with Gasteiger partial charge in [-0.15, -0.1) is 0 Å². The lowest BCUT2D eigenvalue weighted by atomic mass is 10.3. The number of hydrogen-bond acceptors (Lipinski definition) is 6. The number of nitrogens with zero attached hydrogens (tertiary/aromatic N) is 4. The quantitative estimate of drug-likeness (QED) is 0.651. The Bertz CT molecular complexity index is 559. The summed E-state index contributed by atoms with van der Waals surface area (Å²) >= 11 is 1.48. The largest absolute Gasteiger partial charge is 0.370 e. The lowest BCUT2D eigenvalue weighted by Crippen LogP contribution is -2.08. The van der Waals surface area contributed by atoms with Crippen LogP contribution in [0, 0.1) is 6.92 Å². The second-order valence-corrected chi connectivity index (χ2v) is 5.29. The van der Waals surface area contributed by atoms with Crippen molar-refractivity contribution in [1.29, 1.82) is 0 Å². The number of aromatic nitrogens is 4. The molecule has 0 saturated carbocycles. The Morgan fingerprint density at radius 2 is 1.90 bits per heavy atom. The van der Waals surface area contributed by atoms with Crippen molar-refractivity contribution in [2.45, 2.75) is 43.8 Å². The van der Waals surface area contributed by atoms with Crippen molar-refractivity contribution in [2.24, 2.45) is 0 Å². The van der Waals surface area contributed by atoms with Gasteiger partial charge < -0.3 is 5.32 Å². The van der Waals surface area contributed by atoms with Crippen LogP contribution in [-0.4, -0.2) is 26.5 Å². The van der Waals surface area contributed by atoms with E-state index in [1.807, 2.05) is 13.0 Å². The van der Waals surface area contributed by atoms with Gasteiger partial charge in [0.15, 0.2) is 5.16 Å². The first-order valence-electron chi connectivity index (χ1n) is 6.80. The zero-order valence-electron chi connectivity index (χ0n) is 12.1. The zero-order valence-corrected chi connectivity index (χ0v) is 12.9. The molecule has 0 aliphatic carbocycles. The fraction of sp³-hybridized carbons (Fsp3) is 0.429. The Labute approximate surface area is 123 Å². The van der Waals surface area contributed by atoms with Gasteiger partial charge in [-0.25, -0.2) is 19.9 Å². The van der Waals surface area contributed by atoms with Gasteiger partial charge >= 0.3 is 0 Å². The molecule has 0 unspecified atom stereocenters. The summed E-state index contributed by atoms with van der Waals surface area (Å²) in [6.45, 7) is 7.13. The Balaban J connectivity index is 2.31. The van der Waals surface area contributed by atoms with Crippen LogP contribution in [0.1, 0.15) is 31.7 Å². The normalized spacial score (nSPS) is 10.6. The van der Waals surface area contributed by atoms with E-state index in [0.717, 1.165) is 41.6 Å². The molecule has 1 N–H and O–H groups in total. The molecule has 0 spiro atoms. The molecule has 2 aromatic heterocycles. The molecule has 0 saturated heterocycles. The van der Waals surface area contributed by atoms with Gasteiger partial charge in [-0.3, -0.25) is 0 Å². The third-order valence-electron chi connectivity index (χ3n) is 2.74. The molecule has 0 aliphatic heterocycles. The standard InChI is InChI=1S/C14H19N5S/c1-4-7-15-12-10(3)13(19-11(5-2)18-12)20-14-16-8-6-9-17-14/h6,8-9H,4-5,7H2,1-3H3,(H,15,18,19). The van der Waals surface area contributed by atoms with E-state index >= 15 is 0 Å². The molecule has 0 aromatic carbocycles. The van der Waals surface area contributed by atoms with Gasteiger partial charge in [0.25, 0.3) is 0 Å². The maximum atomic E-state index is 4.59. The first-order valence-corrected chi connectivity index (χ1v) is 7.62. The minimum Gasteiger partial charge on any atom is -0.370 e. The SMILES string of the molecule is CCCNc1nc(CC)nc(Sc2ncccn2)c1C. The van der Waals surface area contributed by atoms with Crippen LogP contribution < -0.4 is 5.32 Å². The molecule has 2 aromatic rings. The topological polar surface area (TPSA) is 63.6 Å². The fourth-order valence-electron chi connectivity index (χ4n) is 1.64. The first kappa shape index (κ1) is 14.7. The first-order chi connectivity index (χ1) is 9.74. The van der Waals surface area contributed by atoms with Crippen LogP contribution in [-0.2, 0) is 6.42 Å². The van der Waals surface area contributed by atoms with Crippen LogP contribution in [0.25, 0.3) is 0 Å². The highest BCUT2D eigenvalue weighted by molar-refractivity contribution is 7.99. The predicted octanol–water partition coefficient (Wildman–Crippen LogP) is 3.11. The molecule has 2 heterocycles. The fourth-order valence-corrected chi connectivity index (χ4v) is 2.44. The van der Waals surface area contributed by atoms with Crippen LogP contribution in [0.4, 0.5) is 5.82 Å². The summed E-state index contributed by atoms with van der Waals surface area (Å²) in [7, 11) is 0. The van der Waals surface area contributed by atoms with Gasteiger partial charge in [0, 0.05) is 30.9 Å². The summed E-state index contributed by atoms with van der Waals surface area (Å²) in [6.07, 6.45) is 5.35. The van der Waals surface area contributed by atoms with Crippen LogP contribution >= 0.6 is 11.8 Å². The molecular weight excluding hydrogens is 270 g/mol. The molecular formula is C14H19N5S. The van der Waals surface area contributed by atoms with E-state index in [2.05, 4.69) is 39.1 Å². The number of anilines is 1. The summed E-state index contributed by atoms with van der Waals surface area (Å²) in [4.78, 5) is 17.6. The lowest BCUT2D eigenvalue weighted by Gasteiger charge is -2.12. The lowest BCUT2D eigenvalue weighted by molar-refractivity contribution is 0.857. The molecule has 0 bridgehead atoms. The summed E-state index contributed by atoms with van der Waals surface area (Å²) in [5.41, 5.74) is 1.05. The van der Waals surface area contributed by atoms with E-state index in [1.54, 1.807) is 12.4 Å². The summed E-state index contributed by atoms with van der Waals surface area (Å²) < 4.78 is 0. The van der Waals surface area contributed by atoms with E-state index in [-0.39, 0.29) is 0 Å². The van der Waals surface area contributed by atoms with Gasteiger partial charge in [-0.1, -0.05) is 13.8 Å². The molecule has 2 rings (SSSR count). The average Bonchev–Trinajstić information content (AvgIpc) is 2.49. The molecule has 5 nitrogen and oxygen atoms in total. The van der Waals surface area contributed by atoms with Crippen molar-refractivity contribution in [3.63, 3.8) is 0 Å². The molecule has 106 valence electrons. The van der Waals surface area contributed by atoms with Crippen molar-refractivity contribution in [1.82, 2.24) is 19.9 Å².